The maximum atomic E-state index is 13.1. The molecule has 20 heavy (non-hydrogen) atoms. The number of nitrogens with one attached hydrogen (secondary N) is 1. The molecule has 2 aromatic carbocycles. The van der Waals surface area contributed by atoms with Crippen LogP contribution < -0.4 is 11.1 Å². The molecule has 2 aromatic rings. The lowest BCUT2D eigenvalue weighted by molar-refractivity contribution is 0.101. The number of nitrogen functional groups attached to an aromatic ring is 1. The number of Topliss-reactive ketones (excluding diaryl/α,β-unsaturated/α-hetero) is 1. The van der Waals surface area contributed by atoms with Crippen LogP contribution in [0, 0.1) is 5.82 Å². The molecular weight excluding hydrogens is 259 g/mol. The molecule has 0 atom stereocenters. The van der Waals surface area contributed by atoms with E-state index >= 15 is 0 Å². The first kappa shape index (κ1) is 13.7. The van der Waals surface area contributed by atoms with Gasteiger partial charge in [-0.3, -0.25) is 9.59 Å². The zero-order valence-corrected chi connectivity index (χ0v) is 10.8. The number of rotatable bonds is 3. The fraction of sp³-hybridized carbons (Fsp3) is 0.0667. The first-order chi connectivity index (χ1) is 9.47. The van der Waals surface area contributed by atoms with Crippen molar-refractivity contribution >= 4 is 23.1 Å². The lowest BCUT2D eigenvalue weighted by Gasteiger charge is -2.08. The van der Waals surface area contributed by atoms with E-state index in [0.717, 1.165) is 6.07 Å². The molecule has 0 saturated heterocycles. The smallest absolute Gasteiger partial charge is 0.257 e. The van der Waals surface area contributed by atoms with Crippen molar-refractivity contribution in [1.29, 1.82) is 0 Å². The Morgan fingerprint density at radius 2 is 1.90 bits per heavy atom. The number of carbonyl (C=O) groups is 2. The molecule has 102 valence electrons. The Bertz CT molecular complexity index is 683. The molecule has 0 saturated carbocycles. The molecule has 3 N–H and O–H groups in total. The van der Waals surface area contributed by atoms with E-state index in [1.807, 2.05) is 0 Å². The third kappa shape index (κ3) is 3.00. The van der Waals surface area contributed by atoms with Crippen molar-refractivity contribution in [3.63, 3.8) is 0 Å². The summed E-state index contributed by atoms with van der Waals surface area (Å²) in [5.41, 5.74) is 6.81. The van der Waals surface area contributed by atoms with Gasteiger partial charge in [0.2, 0.25) is 0 Å². The van der Waals surface area contributed by atoms with Crippen LogP contribution in [-0.4, -0.2) is 11.7 Å². The number of amides is 1. The van der Waals surface area contributed by atoms with E-state index in [1.165, 1.54) is 19.1 Å². The first-order valence-corrected chi connectivity index (χ1v) is 5.95. The molecule has 0 aliphatic rings. The molecule has 0 bridgehead atoms. The third-order valence-electron chi connectivity index (χ3n) is 2.79. The number of hydrogen-bond acceptors (Lipinski definition) is 3. The molecule has 0 aromatic heterocycles. The van der Waals surface area contributed by atoms with Crippen LogP contribution in [0.2, 0.25) is 0 Å². The molecule has 0 spiro atoms. The second kappa shape index (κ2) is 5.52. The SMILES string of the molecule is CC(=O)c1cccc(NC(=O)c2cc(F)ccc2N)c1. The van der Waals surface area contributed by atoms with E-state index in [4.69, 9.17) is 5.73 Å². The molecule has 0 aliphatic carbocycles. The average molecular weight is 272 g/mol. The highest BCUT2D eigenvalue weighted by atomic mass is 19.1. The summed E-state index contributed by atoms with van der Waals surface area (Å²) in [5, 5.41) is 2.58. The first-order valence-electron chi connectivity index (χ1n) is 5.95. The van der Waals surface area contributed by atoms with Gasteiger partial charge in [0.15, 0.2) is 5.78 Å². The second-order valence-electron chi connectivity index (χ2n) is 4.32. The Kier molecular flexibility index (Phi) is 3.79. The molecule has 0 radical (unpaired) electrons. The van der Waals surface area contributed by atoms with Crippen LogP contribution in [0.3, 0.4) is 0 Å². The van der Waals surface area contributed by atoms with Crippen molar-refractivity contribution in [2.24, 2.45) is 0 Å². The Balaban J connectivity index is 2.25. The van der Waals surface area contributed by atoms with Crippen molar-refractivity contribution in [3.8, 4) is 0 Å². The number of halogens is 1. The normalized spacial score (nSPS) is 10.1. The van der Waals surface area contributed by atoms with Gasteiger partial charge in [-0.15, -0.1) is 0 Å². The van der Waals surface area contributed by atoms with Gasteiger partial charge < -0.3 is 11.1 Å². The number of anilines is 2. The van der Waals surface area contributed by atoms with Crippen molar-refractivity contribution in [3.05, 3.63) is 59.4 Å². The van der Waals surface area contributed by atoms with Gasteiger partial charge >= 0.3 is 0 Å². The van der Waals surface area contributed by atoms with Crippen LogP contribution in [0.25, 0.3) is 0 Å². The van der Waals surface area contributed by atoms with E-state index in [1.54, 1.807) is 24.3 Å². The largest absolute Gasteiger partial charge is 0.398 e. The van der Waals surface area contributed by atoms with Crippen LogP contribution in [0.5, 0.6) is 0 Å². The fourth-order valence-corrected chi connectivity index (χ4v) is 1.74. The maximum absolute atomic E-state index is 13.1. The number of hydrogen-bond donors (Lipinski definition) is 2. The van der Waals surface area contributed by atoms with Gasteiger partial charge in [-0.25, -0.2) is 4.39 Å². The van der Waals surface area contributed by atoms with Crippen molar-refractivity contribution in [2.45, 2.75) is 6.92 Å². The quantitative estimate of drug-likeness (QED) is 0.666. The second-order valence-corrected chi connectivity index (χ2v) is 4.32. The maximum Gasteiger partial charge on any atom is 0.257 e. The molecule has 2 rings (SSSR count). The van der Waals surface area contributed by atoms with Gasteiger partial charge in [0.05, 0.1) is 5.56 Å². The van der Waals surface area contributed by atoms with Crippen LogP contribution in [-0.2, 0) is 0 Å². The lowest BCUT2D eigenvalue weighted by Crippen LogP contribution is -2.14. The summed E-state index contributed by atoms with van der Waals surface area (Å²) in [4.78, 5) is 23.3. The minimum absolute atomic E-state index is 0.0539. The fourth-order valence-electron chi connectivity index (χ4n) is 1.74. The number of carbonyl (C=O) groups excluding carboxylic acids is 2. The molecule has 0 heterocycles. The van der Waals surface area contributed by atoms with Crippen molar-refractivity contribution in [2.75, 3.05) is 11.1 Å². The predicted octanol–water partition coefficient (Wildman–Crippen LogP) is 2.86. The van der Waals surface area contributed by atoms with E-state index < -0.39 is 11.7 Å². The van der Waals surface area contributed by atoms with E-state index in [9.17, 15) is 14.0 Å². The predicted molar refractivity (Wildman–Crippen MR) is 75.2 cm³/mol. The molecule has 0 fully saturated rings. The van der Waals surface area contributed by atoms with Crippen molar-refractivity contribution in [1.82, 2.24) is 0 Å². The highest BCUT2D eigenvalue weighted by Crippen LogP contribution is 2.17. The Labute approximate surface area is 115 Å². The van der Waals surface area contributed by atoms with Crippen LogP contribution in [0.15, 0.2) is 42.5 Å². The van der Waals surface area contributed by atoms with Gasteiger partial charge in [0.25, 0.3) is 5.91 Å². The number of ketones is 1. The van der Waals surface area contributed by atoms with E-state index in [0.29, 0.717) is 11.3 Å². The summed E-state index contributed by atoms with van der Waals surface area (Å²) < 4.78 is 13.1. The molecular formula is C15H13FN2O2. The highest BCUT2D eigenvalue weighted by Gasteiger charge is 2.11. The lowest BCUT2D eigenvalue weighted by atomic mass is 10.1. The topological polar surface area (TPSA) is 72.2 Å². The summed E-state index contributed by atoms with van der Waals surface area (Å²) in [6.45, 7) is 1.44. The highest BCUT2D eigenvalue weighted by molar-refractivity contribution is 6.08. The number of nitrogens with two attached hydrogens (primary N) is 1. The summed E-state index contributed by atoms with van der Waals surface area (Å²) in [7, 11) is 0. The Morgan fingerprint density at radius 3 is 2.60 bits per heavy atom. The van der Waals surface area contributed by atoms with E-state index in [-0.39, 0.29) is 17.0 Å². The molecule has 0 aliphatic heterocycles. The minimum Gasteiger partial charge on any atom is -0.398 e. The van der Waals surface area contributed by atoms with Gasteiger partial charge in [-0.1, -0.05) is 12.1 Å². The van der Waals surface area contributed by atoms with Gasteiger partial charge in [-0.2, -0.15) is 0 Å². The minimum atomic E-state index is -0.540. The van der Waals surface area contributed by atoms with E-state index in [2.05, 4.69) is 5.32 Å². The number of benzene rings is 2. The zero-order chi connectivity index (χ0) is 14.7. The van der Waals surface area contributed by atoms with Gasteiger partial charge in [-0.05, 0) is 37.3 Å². The summed E-state index contributed by atoms with van der Waals surface area (Å²) in [6, 6.07) is 10.1. The van der Waals surface area contributed by atoms with Crippen LogP contribution in [0.4, 0.5) is 15.8 Å². The van der Waals surface area contributed by atoms with Crippen LogP contribution in [0.1, 0.15) is 27.6 Å². The summed E-state index contributed by atoms with van der Waals surface area (Å²) in [6.07, 6.45) is 0. The van der Waals surface area contributed by atoms with Gasteiger partial charge in [0, 0.05) is 16.9 Å². The van der Waals surface area contributed by atoms with Gasteiger partial charge in [0.1, 0.15) is 5.82 Å². The Morgan fingerprint density at radius 1 is 1.15 bits per heavy atom. The summed E-state index contributed by atoms with van der Waals surface area (Å²) >= 11 is 0. The standard InChI is InChI=1S/C15H13FN2O2/c1-9(19)10-3-2-4-12(7-10)18-15(20)13-8-11(16)5-6-14(13)17/h2-8H,17H2,1H3,(H,18,20). The Hall–Kier alpha value is -2.69. The monoisotopic (exact) mass is 272 g/mol. The summed E-state index contributed by atoms with van der Waals surface area (Å²) in [5.74, 6) is -1.17. The zero-order valence-electron chi connectivity index (χ0n) is 10.8. The molecule has 4 nitrogen and oxygen atoms in total. The van der Waals surface area contributed by atoms with Crippen LogP contribution >= 0.6 is 0 Å². The molecule has 1 amide bonds. The average Bonchev–Trinajstić information content (AvgIpc) is 2.41. The van der Waals surface area contributed by atoms with Crippen molar-refractivity contribution < 1.29 is 14.0 Å². The molecule has 5 heteroatoms. The molecule has 0 unspecified atom stereocenters. The third-order valence-corrected chi connectivity index (χ3v) is 2.79.